The normalized spacial score (nSPS) is 11.0. The van der Waals surface area contributed by atoms with Crippen LogP contribution in [-0.4, -0.2) is 9.89 Å². The van der Waals surface area contributed by atoms with Crippen molar-refractivity contribution in [2.24, 2.45) is 0 Å². The quantitative estimate of drug-likeness (QED) is 0.0965. The van der Waals surface area contributed by atoms with Crippen molar-refractivity contribution in [3.8, 4) is 22.3 Å². The van der Waals surface area contributed by atoms with E-state index in [4.69, 9.17) is 23.2 Å². The van der Waals surface area contributed by atoms with Crippen LogP contribution in [0.5, 0.6) is 0 Å². The van der Waals surface area contributed by atoms with Crippen molar-refractivity contribution in [1.29, 1.82) is 0 Å². The molecule has 0 spiro atoms. The molecule has 0 bridgehead atoms. The van der Waals surface area contributed by atoms with Crippen molar-refractivity contribution < 1.29 is 23.3 Å². The predicted molar refractivity (Wildman–Crippen MR) is 202 cm³/mol. The van der Waals surface area contributed by atoms with E-state index in [1.807, 2.05) is 0 Å². The first-order chi connectivity index (χ1) is 22.3. The maximum Gasteiger partial charge on any atom is -0.0114 e. The molecular formula is C42H34Cl2SiZr. The number of aryl methyl sites for hydroxylation is 2. The molecule has 0 heterocycles. The first-order valence-electron chi connectivity index (χ1n) is 15.4. The molecule has 0 fully saturated rings. The van der Waals surface area contributed by atoms with Crippen LogP contribution in [0.2, 0.25) is 6.55 Å². The zero-order valence-electron chi connectivity index (χ0n) is 26.2. The van der Waals surface area contributed by atoms with Gasteiger partial charge in [0.05, 0.1) is 0 Å². The van der Waals surface area contributed by atoms with E-state index in [1.165, 1.54) is 99.8 Å². The molecule has 8 aromatic carbocycles. The molecule has 0 amide bonds. The number of hydrogen-bond donors (Lipinski definition) is 0. The molecule has 0 saturated carbocycles. The van der Waals surface area contributed by atoms with E-state index < -0.39 is 0 Å². The summed E-state index contributed by atoms with van der Waals surface area (Å²) in [5.41, 5.74) is 7.61. The predicted octanol–water partition coefficient (Wildman–Crippen LogP) is 12.9. The minimum absolute atomic E-state index is 0.0619. The molecule has 0 N–H and O–H groups in total. The van der Waals surface area contributed by atoms with Crippen molar-refractivity contribution in [3.63, 3.8) is 0 Å². The molecule has 0 atom stereocenters. The summed E-state index contributed by atoms with van der Waals surface area (Å²) in [5.74, 6) is 0. The smallest absolute Gasteiger partial charge is 0.0114 e. The molecule has 0 aliphatic rings. The fourth-order valence-corrected chi connectivity index (χ4v) is 6.16. The first kappa shape index (κ1) is 32.7. The van der Waals surface area contributed by atoms with Crippen molar-refractivity contribution in [2.75, 3.05) is 0 Å². The average molecular weight is 729 g/mol. The molecule has 0 radical (unpaired) electrons. The van der Waals surface area contributed by atoms with Gasteiger partial charge in [0, 0.05) is 0 Å². The van der Waals surface area contributed by atoms with Crippen LogP contribution >= 0.6 is 23.2 Å². The van der Waals surface area contributed by atoms with E-state index in [0.29, 0.717) is 0 Å². The third-order valence-corrected chi connectivity index (χ3v) is 15.7. The Kier molecular flexibility index (Phi) is 10.4. The van der Waals surface area contributed by atoms with Gasteiger partial charge in [0.2, 0.25) is 0 Å². The first-order valence-corrected chi connectivity index (χ1v) is 22.1. The van der Waals surface area contributed by atoms with Crippen LogP contribution in [-0.2, 0) is 23.3 Å². The fraction of sp³-hybridized carbons (Fsp3) is 0.0952. The molecule has 0 aromatic heterocycles. The summed E-state index contributed by atoms with van der Waals surface area (Å²) in [5, 5.41) is 10.6. The van der Waals surface area contributed by atoms with Gasteiger partial charge in [-0.2, -0.15) is 12.1 Å². The third kappa shape index (κ3) is 7.17. The number of halogens is 2. The molecule has 8 rings (SSSR count). The summed E-state index contributed by atoms with van der Waals surface area (Å²) in [4.78, 5) is 0. The van der Waals surface area contributed by atoms with E-state index in [0.717, 1.165) is 0 Å². The van der Waals surface area contributed by atoms with E-state index in [1.54, 1.807) is 0 Å². The minimum atomic E-state index is -0.331. The van der Waals surface area contributed by atoms with Crippen LogP contribution in [0, 0.1) is 13.8 Å². The Labute approximate surface area is 296 Å². The van der Waals surface area contributed by atoms with Crippen LogP contribution in [0.1, 0.15) is 11.1 Å². The van der Waals surface area contributed by atoms with Gasteiger partial charge in [0.25, 0.3) is 0 Å². The fourth-order valence-electron chi connectivity index (χ4n) is 6.16. The molecule has 0 saturated heterocycles. The second kappa shape index (κ2) is 14.7. The number of fused-ring (bicyclic) bond motifs is 4. The van der Waals surface area contributed by atoms with Gasteiger partial charge in [-0.05, 0) is 32.7 Å². The Morgan fingerprint density at radius 1 is 0.500 bits per heavy atom. The Morgan fingerprint density at radius 3 is 1.22 bits per heavy atom. The summed E-state index contributed by atoms with van der Waals surface area (Å²) in [6.45, 7) is 6.44. The topological polar surface area (TPSA) is 0 Å². The Bertz CT molecular complexity index is 2140. The second-order valence-corrected chi connectivity index (χ2v) is 21.3. The Balaban J connectivity index is 0.000000138. The van der Waals surface area contributed by atoms with Gasteiger partial charge in [-0.25, -0.2) is 0 Å². The van der Waals surface area contributed by atoms with Crippen LogP contribution < -0.4 is 0 Å². The SMILES string of the molecule is C[Si](=[Zr+2])C(Cl)Cl.Cc1cc2c(-c3cccc4ccccc34)cccc2[cH-]1.Cc1cc2c(-c3cccc4ccccc34)cccc2[cH-]1. The van der Waals surface area contributed by atoms with Crippen molar-refractivity contribution >= 4 is 71.7 Å². The van der Waals surface area contributed by atoms with Gasteiger partial charge in [-0.1, -0.05) is 122 Å². The molecule has 0 aliphatic carbocycles. The standard InChI is InChI=1S/2C20H15.C2H4Cl2Si.Zr/c2*1-14-12-16-8-5-11-19(20(16)13-14)18-10-4-7-15-6-2-3-9-17(15)18;1-5-2(3)4;/h2*2-13H,1H3;2H,1H3;/q2*-1;;+2. The zero-order valence-corrected chi connectivity index (χ0v) is 31.2. The summed E-state index contributed by atoms with van der Waals surface area (Å²) in [6, 6.07) is 52.5. The molecule has 224 valence electrons. The number of rotatable bonds is 3. The molecule has 46 heavy (non-hydrogen) atoms. The summed E-state index contributed by atoms with van der Waals surface area (Å²) < 4.78 is -0.0619. The van der Waals surface area contributed by atoms with Crippen LogP contribution in [0.3, 0.4) is 0 Å². The monoisotopic (exact) mass is 726 g/mol. The molecule has 0 aliphatic heterocycles. The van der Waals surface area contributed by atoms with Gasteiger partial charge in [0.1, 0.15) is 0 Å². The molecule has 8 aromatic rings. The van der Waals surface area contributed by atoms with Gasteiger partial charge in [-0.15, -0.1) is 69.1 Å². The van der Waals surface area contributed by atoms with Gasteiger partial charge in [0.15, 0.2) is 0 Å². The largest absolute Gasteiger partial charge is 0.165 e. The van der Waals surface area contributed by atoms with Crippen LogP contribution in [0.25, 0.3) is 65.3 Å². The van der Waals surface area contributed by atoms with Gasteiger partial charge < -0.3 is 0 Å². The van der Waals surface area contributed by atoms with E-state index in [2.05, 4.69) is 166 Å². The molecule has 0 unspecified atom stereocenters. The van der Waals surface area contributed by atoms with Crippen molar-refractivity contribution in [2.45, 2.75) is 24.9 Å². The maximum atomic E-state index is 5.45. The minimum Gasteiger partial charge on any atom is -0.165 e. The maximum absolute atomic E-state index is 5.45. The summed E-state index contributed by atoms with van der Waals surface area (Å²) in [6.07, 6.45) is 0. The second-order valence-electron chi connectivity index (χ2n) is 11.7. The number of alkyl halides is 2. The van der Waals surface area contributed by atoms with Crippen LogP contribution in [0.15, 0.2) is 146 Å². The van der Waals surface area contributed by atoms with Gasteiger partial charge >= 0.3 is 63.0 Å². The Morgan fingerprint density at radius 2 is 0.826 bits per heavy atom. The van der Waals surface area contributed by atoms with Crippen LogP contribution in [0.4, 0.5) is 0 Å². The number of benzene rings is 6. The third-order valence-electron chi connectivity index (χ3n) is 8.28. The molecule has 4 heteroatoms. The number of hydrogen-bond acceptors (Lipinski definition) is 0. The van der Waals surface area contributed by atoms with Gasteiger partial charge in [-0.3, -0.25) is 0 Å². The zero-order chi connectivity index (χ0) is 32.2. The van der Waals surface area contributed by atoms with Crippen molar-refractivity contribution in [1.82, 2.24) is 0 Å². The Hall–Kier alpha value is -3.26. The van der Waals surface area contributed by atoms with E-state index in [9.17, 15) is 0 Å². The average Bonchev–Trinajstić information content (AvgIpc) is 3.65. The molecular weight excluding hydrogens is 695 g/mol. The van der Waals surface area contributed by atoms with E-state index >= 15 is 0 Å². The molecule has 0 nitrogen and oxygen atoms in total. The van der Waals surface area contributed by atoms with Crippen molar-refractivity contribution in [3.05, 3.63) is 157 Å². The summed E-state index contributed by atoms with van der Waals surface area (Å²) in [7, 11) is 0. The summed E-state index contributed by atoms with van der Waals surface area (Å²) >= 11 is 12.4. The van der Waals surface area contributed by atoms with E-state index in [-0.39, 0.29) is 9.89 Å².